The molecule has 7 rings (SSSR count). The van der Waals surface area contributed by atoms with Crippen molar-refractivity contribution in [3.8, 4) is 45.3 Å². The summed E-state index contributed by atoms with van der Waals surface area (Å²) in [6, 6.07) is 36.7. The second-order valence-corrected chi connectivity index (χ2v) is 8.77. The van der Waals surface area contributed by atoms with E-state index >= 15 is 0 Å². The molecular formula is C31H20N6. The highest BCUT2D eigenvalue weighted by atomic mass is 15.3. The molecular weight excluding hydrogens is 456 g/mol. The lowest BCUT2D eigenvalue weighted by atomic mass is 9.98. The van der Waals surface area contributed by atoms with Crippen LogP contribution in [0.25, 0.3) is 61.7 Å². The average molecular weight is 477 g/mol. The topological polar surface area (TPSA) is 68.9 Å². The van der Waals surface area contributed by atoms with Gasteiger partial charge in [-0.3, -0.25) is 0 Å². The number of fused-ring (bicyclic) bond motifs is 2. The first-order valence-corrected chi connectivity index (χ1v) is 12.0. The van der Waals surface area contributed by atoms with Crippen LogP contribution in [0.1, 0.15) is 0 Å². The predicted molar refractivity (Wildman–Crippen MR) is 146 cm³/mol. The van der Waals surface area contributed by atoms with Gasteiger partial charge in [-0.05, 0) is 28.6 Å². The molecule has 0 bridgehead atoms. The van der Waals surface area contributed by atoms with Gasteiger partial charge in [-0.1, -0.05) is 97.1 Å². The van der Waals surface area contributed by atoms with Crippen LogP contribution < -0.4 is 0 Å². The van der Waals surface area contributed by atoms with Gasteiger partial charge in [0.15, 0.2) is 23.1 Å². The molecule has 0 unspecified atom stereocenters. The van der Waals surface area contributed by atoms with Crippen molar-refractivity contribution in [3.05, 3.63) is 122 Å². The van der Waals surface area contributed by atoms with Crippen molar-refractivity contribution in [2.45, 2.75) is 0 Å². The van der Waals surface area contributed by atoms with E-state index in [9.17, 15) is 0 Å². The van der Waals surface area contributed by atoms with E-state index in [-0.39, 0.29) is 0 Å². The maximum atomic E-state index is 4.75. The van der Waals surface area contributed by atoms with E-state index in [0.29, 0.717) is 17.5 Å². The molecule has 0 atom stereocenters. The largest absolute Gasteiger partial charge is 0.220 e. The van der Waals surface area contributed by atoms with E-state index in [2.05, 4.69) is 52.6 Å². The summed E-state index contributed by atoms with van der Waals surface area (Å²) in [5.74, 6) is 2.01. The molecule has 0 radical (unpaired) electrons. The SMILES string of the molecule is c1ccc(-c2ncnc(-c3cccc(-c4cccc5cc6nc(-c7ccccc7)nn6cc45)c3)n2)cc1. The minimum absolute atomic E-state index is 0.641. The van der Waals surface area contributed by atoms with Crippen LogP contribution in [0.3, 0.4) is 0 Å². The van der Waals surface area contributed by atoms with E-state index in [0.717, 1.165) is 44.2 Å². The summed E-state index contributed by atoms with van der Waals surface area (Å²) in [4.78, 5) is 18.3. The highest BCUT2D eigenvalue weighted by Gasteiger charge is 2.12. The zero-order valence-corrected chi connectivity index (χ0v) is 19.7. The van der Waals surface area contributed by atoms with Gasteiger partial charge in [0.1, 0.15) is 6.33 Å². The van der Waals surface area contributed by atoms with Gasteiger partial charge in [0.2, 0.25) is 0 Å². The fraction of sp³-hybridized carbons (Fsp3) is 0. The van der Waals surface area contributed by atoms with Crippen LogP contribution in [0.2, 0.25) is 0 Å². The second kappa shape index (κ2) is 8.77. The number of aromatic nitrogens is 6. The van der Waals surface area contributed by atoms with Crippen molar-refractivity contribution in [3.63, 3.8) is 0 Å². The van der Waals surface area contributed by atoms with Crippen molar-refractivity contribution in [1.82, 2.24) is 29.5 Å². The Morgan fingerprint density at radius 1 is 0.514 bits per heavy atom. The van der Waals surface area contributed by atoms with Crippen molar-refractivity contribution in [2.75, 3.05) is 0 Å². The van der Waals surface area contributed by atoms with Crippen LogP contribution in [0.4, 0.5) is 0 Å². The summed E-state index contributed by atoms with van der Waals surface area (Å²) in [5, 5.41) is 6.95. The van der Waals surface area contributed by atoms with Crippen LogP contribution in [-0.4, -0.2) is 29.5 Å². The summed E-state index contributed by atoms with van der Waals surface area (Å²) >= 11 is 0. The molecule has 3 aromatic heterocycles. The fourth-order valence-corrected chi connectivity index (χ4v) is 4.59. The lowest BCUT2D eigenvalue weighted by molar-refractivity contribution is 0.974. The molecule has 0 amide bonds. The molecule has 7 aromatic rings. The Morgan fingerprint density at radius 3 is 1.95 bits per heavy atom. The average Bonchev–Trinajstić information content (AvgIpc) is 3.40. The van der Waals surface area contributed by atoms with E-state index in [1.807, 2.05) is 77.3 Å². The molecule has 0 aliphatic rings. The number of nitrogens with zero attached hydrogens (tertiary/aromatic N) is 6. The molecule has 6 nitrogen and oxygen atoms in total. The van der Waals surface area contributed by atoms with Gasteiger partial charge in [0.05, 0.1) is 0 Å². The number of pyridine rings is 1. The number of rotatable bonds is 4. The highest BCUT2D eigenvalue weighted by molar-refractivity contribution is 5.98. The first-order chi connectivity index (χ1) is 18.3. The third-order valence-electron chi connectivity index (χ3n) is 6.40. The maximum Gasteiger partial charge on any atom is 0.182 e. The lowest BCUT2D eigenvalue weighted by Gasteiger charge is -2.09. The Kier molecular flexibility index (Phi) is 5.00. The van der Waals surface area contributed by atoms with Crippen LogP contribution in [0.15, 0.2) is 122 Å². The van der Waals surface area contributed by atoms with Gasteiger partial charge < -0.3 is 0 Å². The fourth-order valence-electron chi connectivity index (χ4n) is 4.59. The van der Waals surface area contributed by atoms with Gasteiger partial charge in [-0.2, -0.15) is 0 Å². The number of benzene rings is 4. The molecule has 0 aliphatic heterocycles. The Balaban J connectivity index is 1.32. The van der Waals surface area contributed by atoms with Crippen LogP contribution in [0.5, 0.6) is 0 Å². The van der Waals surface area contributed by atoms with Crippen LogP contribution in [-0.2, 0) is 0 Å². The zero-order chi connectivity index (χ0) is 24.6. The molecule has 0 aliphatic carbocycles. The standard InChI is InChI=1S/C31H20N6/c1-3-9-21(10-4-1)29-32-20-33-30(35-29)25-15-7-13-23(17-25)26-16-8-14-24-18-28-34-31(22-11-5-2-6-12-22)36-37(28)19-27(24)26/h1-20H. The quantitative estimate of drug-likeness (QED) is 0.282. The molecule has 174 valence electrons. The normalized spacial score (nSPS) is 11.2. The summed E-state index contributed by atoms with van der Waals surface area (Å²) in [7, 11) is 0. The predicted octanol–water partition coefficient (Wildman–Crippen LogP) is 6.74. The summed E-state index contributed by atoms with van der Waals surface area (Å²) in [6.07, 6.45) is 3.63. The molecule has 37 heavy (non-hydrogen) atoms. The van der Waals surface area contributed by atoms with Crippen molar-refractivity contribution < 1.29 is 0 Å². The van der Waals surface area contributed by atoms with E-state index < -0.39 is 0 Å². The van der Waals surface area contributed by atoms with Crippen molar-refractivity contribution in [2.24, 2.45) is 0 Å². The van der Waals surface area contributed by atoms with Gasteiger partial charge in [-0.25, -0.2) is 24.5 Å². The first kappa shape index (κ1) is 21.1. The Labute approximate surface area is 213 Å². The third-order valence-corrected chi connectivity index (χ3v) is 6.40. The molecule has 3 heterocycles. The van der Waals surface area contributed by atoms with E-state index in [1.54, 1.807) is 6.33 Å². The highest BCUT2D eigenvalue weighted by Crippen LogP contribution is 2.32. The third kappa shape index (κ3) is 3.90. The summed E-state index contributed by atoms with van der Waals surface area (Å²) in [5.41, 5.74) is 5.89. The van der Waals surface area contributed by atoms with Crippen LogP contribution >= 0.6 is 0 Å². The molecule has 4 aromatic carbocycles. The second-order valence-electron chi connectivity index (χ2n) is 8.77. The molecule has 0 saturated heterocycles. The molecule has 0 spiro atoms. The zero-order valence-electron chi connectivity index (χ0n) is 19.7. The monoisotopic (exact) mass is 476 g/mol. The molecule has 6 heteroatoms. The minimum Gasteiger partial charge on any atom is -0.220 e. The summed E-state index contributed by atoms with van der Waals surface area (Å²) < 4.78 is 1.86. The molecule has 0 saturated carbocycles. The lowest BCUT2D eigenvalue weighted by Crippen LogP contribution is -1.95. The molecule has 0 N–H and O–H groups in total. The Hall–Kier alpha value is -5.23. The van der Waals surface area contributed by atoms with Gasteiger partial charge >= 0.3 is 0 Å². The van der Waals surface area contributed by atoms with Gasteiger partial charge in [0, 0.05) is 28.3 Å². The van der Waals surface area contributed by atoms with E-state index in [1.165, 1.54) is 0 Å². The Morgan fingerprint density at radius 2 is 1.16 bits per heavy atom. The first-order valence-electron chi connectivity index (χ1n) is 12.0. The van der Waals surface area contributed by atoms with Crippen molar-refractivity contribution >= 4 is 16.4 Å². The number of hydrogen-bond donors (Lipinski definition) is 0. The Bertz CT molecular complexity index is 1880. The summed E-state index contributed by atoms with van der Waals surface area (Å²) in [6.45, 7) is 0. The smallest absolute Gasteiger partial charge is 0.182 e. The van der Waals surface area contributed by atoms with Crippen LogP contribution in [0, 0.1) is 0 Å². The number of hydrogen-bond acceptors (Lipinski definition) is 5. The maximum absolute atomic E-state index is 4.75. The van der Waals surface area contributed by atoms with E-state index in [4.69, 9.17) is 15.1 Å². The minimum atomic E-state index is 0.641. The molecule has 0 fully saturated rings. The van der Waals surface area contributed by atoms with Gasteiger partial charge in [0.25, 0.3) is 0 Å². The van der Waals surface area contributed by atoms with Gasteiger partial charge in [-0.15, -0.1) is 5.10 Å². The van der Waals surface area contributed by atoms with Crippen molar-refractivity contribution in [1.29, 1.82) is 0 Å².